The van der Waals surface area contributed by atoms with Crippen LogP contribution in [0.4, 0.5) is 0 Å². The maximum absolute atomic E-state index is 5.67. The molecule has 2 aromatic heterocycles. The largest absolute Gasteiger partial charge is 0.271 e. The van der Waals surface area contributed by atoms with Gasteiger partial charge in [-0.25, -0.2) is 5.43 Å². The van der Waals surface area contributed by atoms with Gasteiger partial charge in [-0.15, -0.1) is 11.3 Å². The molecule has 0 amide bonds. The van der Waals surface area contributed by atoms with Crippen molar-refractivity contribution in [2.75, 3.05) is 0 Å². The van der Waals surface area contributed by atoms with E-state index in [1.165, 1.54) is 9.75 Å². The Kier molecular flexibility index (Phi) is 3.51. The van der Waals surface area contributed by atoms with E-state index in [1.54, 1.807) is 11.3 Å². The van der Waals surface area contributed by atoms with Gasteiger partial charge in [0, 0.05) is 15.3 Å². The minimum Gasteiger partial charge on any atom is -0.271 e. The summed E-state index contributed by atoms with van der Waals surface area (Å²) in [6.45, 7) is 5.97. The Labute approximate surface area is 105 Å². The number of aryl methyl sites for hydroxylation is 3. The van der Waals surface area contributed by atoms with Crippen molar-refractivity contribution < 1.29 is 0 Å². The van der Waals surface area contributed by atoms with Crippen molar-refractivity contribution >= 4 is 11.3 Å². The summed E-state index contributed by atoms with van der Waals surface area (Å²) in [4.78, 5) is 2.47. The van der Waals surface area contributed by atoms with Gasteiger partial charge in [0.25, 0.3) is 0 Å². The van der Waals surface area contributed by atoms with Gasteiger partial charge in [-0.05, 0) is 39.0 Å². The van der Waals surface area contributed by atoms with Crippen molar-refractivity contribution in [2.24, 2.45) is 5.84 Å². The predicted molar refractivity (Wildman–Crippen MR) is 69.7 cm³/mol. The monoisotopic (exact) mass is 248 g/mol. The number of nitrogens with one attached hydrogen (secondary N) is 1. The van der Waals surface area contributed by atoms with E-state index >= 15 is 0 Å². The third-order valence-electron chi connectivity index (χ3n) is 2.66. The molecule has 0 aliphatic heterocycles. The highest BCUT2D eigenvalue weighted by Crippen LogP contribution is 2.28. The highest BCUT2D eigenvalue weighted by Gasteiger charge is 2.17. The molecule has 4 nitrogen and oxygen atoms in total. The van der Waals surface area contributed by atoms with Crippen LogP contribution in [0.15, 0.2) is 18.2 Å². The zero-order chi connectivity index (χ0) is 12.4. The predicted octanol–water partition coefficient (Wildman–Crippen LogP) is 2.02. The van der Waals surface area contributed by atoms with Crippen LogP contribution in [0.2, 0.25) is 0 Å². The van der Waals surface area contributed by atoms with Crippen LogP contribution in [0.25, 0.3) is 0 Å². The second-order valence-corrected chi connectivity index (χ2v) is 5.39. The molecule has 1 unspecified atom stereocenters. The fourth-order valence-electron chi connectivity index (χ4n) is 1.80. The summed E-state index contributed by atoms with van der Waals surface area (Å²) in [5.41, 5.74) is 5.75. The summed E-state index contributed by atoms with van der Waals surface area (Å²) in [7, 11) is 0. The SMILES string of the molecule is Cc1cc(C(NN)c2ccc(C)s2)c(C)nn1. The molecular weight excluding hydrogens is 232 g/mol. The lowest BCUT2D eigenvalue weighted by atomic mass is 10.0. The van der Waals surface area contributed by atoms with E-state index in [9.17, 15) is 0 Å². The van der Waals surface area contributed by atoms with E-state index in [-0.39, 0.29) is 6.04 Å². The van der Waals surface area contributed by atoms with Crippen LogP contribution in [0.5, 0.6) is 0 Å². The van der Waals surface area contributed by atoms with Gasteiger partial charge < -0.3 is 0 Å². The number of nitrogens with two attached hydrogens (primary N) is 1. The smallest absolute Gasteiger partial charge is 0.0821 e. The fraction of sp³-hybridized carbons (Fsp3) is 0.333. The number of rotatable bonds is 3. The molecule has 0 aliphatic rings. The molecule has 0 aliphatic carbocycles. The maximum Gasteiger partial charge on any atom is 0.0821 e. The summed E-state index contributed by atoms with van der Waals surface area (Å²) in [5, 5.41) is 8.18. The van der Waals surface area contributed by atoms with Gasteiger partial charge in [0.1, 0.15) is 0 Å². The zero-order valence-corrected chi connectivity index (χ0v) is 11.0. The molecule has 3 N–H and O–H groups in total. The van der Waals surface area contributed by atoms with Crippen molar-refractivity contribution in [1.29, 1.82) is 0 Å². The minimum absolute atomic E-state index is 0.0112. The first kappa shape index (κ1) is 12.2. The first-order valence-electron chi connectivity index (χ1n) is 5.45. The molecule has 90 valence electrons. The topological polar surface area (TPSA) is 63.8 Å². The molecule has 0 saturated heterocycles. The summed E-state index contributed by atoms with van der Waals surface area (Å²) in [6, 6.07) is 6.21. The van der Waals surface area contributed by atoms with Crippen molar-refractivity contribution in [3.8, 4) is 0 Å². The molecule has 2 aromatic rings. The van der Waals surface area contributed by atoms with E-state index in [0.717, 1.165) is 17.0 Å². The lowest BCUT2D eigenvalue weighted by Crippen LogP contribution is -2.29. The molecule has 2 heterocycles. The van der Waals surface area contributed by atoms with E-state index < -0.39 is 0 Å². The van der Waals surface area contributed by atoms with Gasteiger partial charge in [0.15, 0.2) is 0 Å². The van der Waals surface area contributed by atoms with Crippen LogP contribution in [-0.4, -0.2) is 10.2 Å². The van der Waals surface area contributed by atoms with Gasteiger partial charge in [-0.1, -0.05) is 0 Å². The summed E-state index contributed by atoms with van der Waals surface area (Å²) in [6.07, 6.45) is 0. The van der Waals surface area contributed by atoms with Gasteiger partial charge in [-0.3, -0.25) is 5.84 Å². The van der Waals surface area contributed by atoms with E-state index in [1.807, 2.05) is 19.9 Å². The number of hydrogen-bond acceptors (Lipinski definition) is 5. The zero-order valence-electron chi connectivity index (χ0n) is 10.2. The Morgan fingerprint density at radius 2 is 2.00 bits per heavy atom. The number of aromatic nitrogens is 2. The third-order valence-corrected chi connectivity index (χ3v) is 3.73. The van der Waals surface area contributed by atoms with Gasteiger partial charge in [0.2, 0.25) is 0 Å². The highest BCUT2D eigenvalue weighted by molar-refractivity contribution is 7.12. The van der Waals surface area contributed by atoms with Gasteiger partial charge >= 0.3 is 0 Å². The molecule has 2 rings (SSSR count). The fourth-order valence-corrected chi connectivity index (χ4v) is 2.75. The quantitative estimate of drug-likeness (QED) is 0.644. The summed E-state index contributed by atoms with van der Waals surface area (Å²) < 4.78 is 0. The molecule has 0 spiro atoms. The lowest BCUT2D eigenvalue weighted by molar-refractivity contribution is 0.635. The Hall–Kier alpha value is -1.30. The maximum atomic E-state index is 5.67. The molecule has 0 fully saturated rings. The van der Waals surface area contributed by atoms with Crippen molar-refractivity contribution in [1.82, 2.24) is 15.6 Å². The Morgan fingerprint density at radius 3 is 2.59 bits per heavy atom. The van der Waals surface area contributed by atoms with Crippen LogP contribution < -0.4 is 11.3 Å². The molecule has 0 aromatic carbocycles. The first-order valence-corrected chi connectivity index (χ1v) is 6.26. The van der Waals surface area contributed by atoms with Crippen molar-refractivity contribution in [3.05, 3.63) is 44.9 Å². The normalized spacial score (nSPS) is 12.7. The molecule has 17 heavy (non-hydrogen) atoms. The van der Waals surface area contributed by atoms with E-state index in [2.05, 4.69) is 34.7 Å². The third kappa shape index (κ3) is 2.52. The second kappa shape index (κ2) is 4.91. The Balaban J connectivity index is 2.45. The molecule has 0 saturated carbocycles. The van der Waals surface area contributed by atoms with Crippen LogP contribution in [-0.2, 0) is 0 Å². The average Bonchev–Trinajstić information content (AvgIpc) is 2.71. The number of hydrogen-bond donors (Lipinski definition) is 2. The molecule has 0 radical (unpaired) electrons. The van der Waals surface area contributed by atoms with E-state index in [0.29, 0.717) is 0 Å². The standard InChI is InChI=1S/C12H16N4S/c1-7-6-10(9(3)16-15-7)12(14-13)11-5-4-8(2)17-11/h4-6,12,14H,13H2,1-3H3. The Bertz CT molecular complexity index is 521. The number of thiophene rings is 1. The number of nitrogens with zero attached hydrogens (tertiary/aromatic N) is 2. The van der Waals surface area contributed by atoms with Gasteiger partial charge in [0.05, 0.1) is 17.4 Å². The van der Waals surface area contributed by atoms with Crippen LogP contribution in [0.1, 0.15) is 32.7 Å². The lowest BCUT2D eigenvalue weighted by Gasteiger charge is -2.16. The molecule has 5 heteroatoms. The number of hydrazine groups is 1. The van der Waals surface area contributed by atoms with Crippen LogP contribution in [0.3, 0.4) is 0 Å². The van der Waals surface area contributed by atoms with Crippen molar-refractivity contribution in [3.63, 3.8) is 0 Å². The second-order valence-electron chi connectivity index (χ2n) is 4.07. The molecule has 1 atom stereocenters. The minimum atomic E-state index is -0.0112. The summed E-state index contributed by atoms with van der Waals surface area (Å²) >= 11 is 1.74. The first-order chi connectivity index (χ1) is 8.11. The summed E-state index contributed by atoms with van der Waals surface area (Å²) in [5.74, 6) is 5.67. The average molecular weight is 248 g/mol. The van der Waals surface area contributed by atoms with E-state index in [4.69, 9.17) is 5.84 Å². The molecule has 0 bridgehead atoms. The van der Waals surface area contributed by atoms with Crippen LogP contribution >= 0.6 is 11.3 Å². The highest BCUT2D eigenvalue weighted by atomic mass is 32.1. The van der Waals surface area contributed by atoms with Crippen molar-refractivity contribution in [2.45, 2.75) is 26.8 Å². The molecular formula is C12H16N4S. The Morgan fingerprint density at radius 1 is 1.24 bits per heavy atom. The van der Waals surface area contributed by atoms with Crippen LogP contribution in [0, 0.1) is 20.8 Å². The van der Waals surface area contributed by atoms with Gasteiger partial charge in [-0.2, -0.15) is 10.2 Å².